The molecule has 1 fully saturated rings. The molecular weight excluding hydrogens is 214 g/mol. The molecule has 3 nitrogen and oxygen atoms in total. The van der Waals surface area contributed by atoms with Gasteiger partial charge in [-0.1, -0.05) is 20.8 Å². The molecule has 0 bridgehead atoms. The fourth-order valence-electron chi connectivity index (χ4n) is 2.68. The molecule has 2 rings (SSSR count). The van der Waals surface area contributed by atoms with Gasteiger partial charge in [-0.2, -0.15) is 0 Å². The van der Waals surface area contributed by atoms with Crippen LogP contribution in [0, 0.1) is 18.8 Å². The SMILES string of the molecule is CCC1OC(c2ccc(C)[nH]c2=O)C(C)C1C. The van der Waals surface area contributed by atoms with Crippen LogP contribution in [0.25, 0.3) is 0 Å². The lowest BCUT2D eigenvalue weighted by atomic mass is 9.87. The Labute approximate surface area is 102 Å². The standard InChI is InChI=1S/C14H21NO2/c1-5-12-9(3)10(4)13(17-12)11-7-6-8(2)15-14(11)16/h6-7,9-10,12-13H,5H2,1-4H3,(H,15,16). The Morgan fingerprint density at radius 2 is 2.00 bits per heavy atom. The highest BCUT2D eigenvalue weighted by Gasteiger charge is 2.39. The summed E-state index contributed by atoms with van der Waals surface area (Å²) in [5.41, 5.74) is 1.65. The van der Waals surface area contributed by atoms with E-state index in [-0.39, 0.29) is 17.8 Å². The highest BCUT2D eigenvalue weighted by molar-refractivity contribution is 5.18. The van der Waals surface area contributed by atoms with Crippen LogP contribution in [0.15, 0.2) is 16.9 Å². The minimum absolute atomic E-state index is 0.00852. The highest BCUT2D eigenvalue weighted by Crippen LogP contribution is 2.41. The quantitative estimate of drug-likeness (QED) is 0.856. The minimum atomic E-state index is -0.0562. The third-order valence-corrected chi connectivity index (χ3v) is 4.01. The monoisotopic (exact) mass is 235 g/mol. The van der Waals surface area contributed by atoms with Gasteiger partial charge in [-0.3, -0.25) is 4.79 Å². The number of hydrogen-bond donors (Lipinski definition) is 1. The Balaban J connectivity index is 2.32. The van der Waals surface area contributed by atoms with Crippen LogP contribution in [-0.4, -0.2) is 11.1 Å². The van der Waals surface area contributed by atoms with Gasteiger partial charge < -0.3 is 9.72 Å². The van der Waals surface area contributed by atoms with Crippen LogP contribution in [0.1, 0.15) is 44.6 Å². The Kier molecular flexibility index (Phi) is 3.38. The van der Waals surface area contributed by atoms with Gasteiger partial charge in [0.1, 0.15) is 0 Å². The van der Waals surface area contributed by atoms with Crippen molar-refractivity contribution in [3.8, 4) is 0 Å². The zero-order chi connectivity index (χ0) is 12.6. The molecule has 17 heavy (non-hydrogen) atoms. The number of aryl methyl sites for hydroxylation is 1. The van der Waals surface area contributed by atoms with Crippen molar-refractivity contribution in [2.24, 2.45) is 11.8 Å². The van der Waals surface area contributed by atoms with E-state index in [4.69, 9.17) is 4.74 Å². The summed E-state index contributed by atoms with van der Waals surface area (Å²) in [4.78, 5) is 14.8. The van der Waals surface area contributed by atoms with E-state index in [1.54, 1.807) is 0 Å². The highest BCUT2D eigenvalue weighted by atomic mass is 16.5. The first-order valence-corrected chi connectivity index (χ1v) is 6.39. The zero-order valence-corrected chi connectivity index (χ0v) is 11.0. The smallest absolute Gasteiger partial charge is 0.253 e. The lowest BCUT2D eigenvalue weighted by Crippen LogP contribution is -2.20. The second-order valence-corrected chi connectivity index (χ2v) is 5.15. The van der Waals surface area contributed by atoms with Crippen LogP contribution in [0.2, 0.25) is 0 Å². The predicted octanol–water partition coefficient (Wildman–Crippen LogP) is 2.81. The van der Waals surface area contributed by atoms with Crippen LogP contribution in [0.3, 0.4) is 0 Å². The van der Waals surface area contributed by atoms with Crippen LogP contribution in [0.5, 0.6) is 0 Å². The molecule has 0 amide bonds. The van der Waals surface area contributed by atoms with Crippen molar-refractivity contribution >= 4 is 0 Å². The van der Waals surface area contributed by atoms with E-state index in [9.17, 15) is 4.79 Å². The molecule has 0 saturated carbocycles. The Hall–Kier alpha value is -1.09. The summed E-state index contributed by atoms with van der Waals surface area (Å²) in [6.07, 6.45) is 1.22. The molecule has 2 heterocycles. The summed E-state index contributed by atoms with van der Waals surface area (Å²) in [7, 11) is 0. The first-order chi connectivity index (χ1) is 8.04. The molecule has 3 heteroatoms. The molecule has 1 aliphatic heterocycles. The number of rotatable bonds is 2. The van der Waals surface area contributed by atoms with Crippen LogP contribution in [0.4, 0.5) is 0 Å². The molecule has 0 aliphatic carbocycles. The number of pyridine rings is 1. The van der Waals surface area contributed by atoms with Gasteiger partial charge in [0.2, 0.25) is 0 Å². The van der Waals surface area contributed by atoms with Crippen molar-refractivity contribution in [1.29, 1.82) is 0 Å². The summed E-state index contributed by atoms with van der Waals surface area (Å²) < 4.78 is 6.02. The molecule has 4 atom stereocenters. The van der Waals surface area contributed by atoms with E-state index in [0.29, 0.717) is 11.8 Å². The molecule has 4 unspecified atom stereocenters. The third-order valence-electron chi connectivity index (χ3n) is 4.01. The molecular formula is C14H21NO2. The Bertz CT molecular complexity index is 452. The first kappa shape index (κ1) is 12.4. The number of aromatic nitrogens is 1. The second kappa shape index (κ2) is 4.65. The first-order valence-electron chi connectivity index (χ1n) is 6.39. The molecule has 0 radical (unpaired) electrons. The Morgan fingerprint density at radius 1 is 1.29 bits per heavy atom. The van der Waals surface area contributed by atoms with E-state index in [1.807, 2.05) is 19.1 Å². The number of ether oxygens (including phenoxy) is 1. The van der Waals surface area contributed by atoms with Crippen molar-refractivity contribution in [3.05, 3.63) is 33.7 Å². The van der Waals surface area contributed by atoms with Crippen molar-refractivity contribution in [1.82, 2.24) is 4.98 Å². The van der Waals surface area contributed by atoms with Crippen LogP contribution >= 0.6 is 0 Å². The van der Waals surface area contributed by atoms with Gasteiger partial charge in [0.25, 0.3) is 5.56 Å². The number of H-pyrrole nitrogens is 1. The summed E-state index contributed by atoms with van der Waals surface area (Å²) in [5, 5.41) is 0. The lowest BCUT2D eigenvalue weighted by Gasteiger charge is -2.15. The van der Waals surface area contributed by atoms with Crippen molar-refractivity contribution in [3.63, 3.8) is 0 Å². The molecule has 94 valence electrons. The average Bonchev–Trinajstić information content (AvgIpc) is 2.57. The summed E-state index contributed by atoms with van der Waals surface area (Å²) in [6, 6.07) is 3.84. The van der Waals surface area contributed by atoms with Crippen molar-refractivity contribution < 1.29 is 4.74 Å². The van der Waals surface area contributed by atoms with E-state index >= 15 is 0 Å². The van der Waals surface area contributed by atoms with Gasteiger partial charge in [-0.25, -0.2) is 0 Å². The van der Waals surface area contributed by atoms with E-state index < -0.39 is 0 Å². The maximum absolute atomic E-state index is 11.9. The molecule has 1 aliphatic rings. The zero-order valence-electron chi connectivity index (χ0n) is 11.0. The van der Waals surface area contributed by atoms with E-state index in [0.717, 1.165) is 17.7 Å². The molecule has 1 aromatic heterocycles. The van der Waals surface area contributed by atoms with Gasteiger partial charge in [0, 0.05) is 11.3 Å². The fraction of sp³-hybridized carbons (Fsp3) is 0.643. The summed E-state index contributed by atoms with van der Waals surface area (Å²) in [6.45, 7) is 8.41. The molecule has 1 saturated heterocycles. The van der Waals surface area contributed by atoms with Gasteiger partial charge in [0.05, 0.1) is 12.2 Å². The second-order valence-electron chi connectivity index (χ2n) is 5.15. The van der Waals surface area contributed by atoms with Crippen LogP contribution in [-0.2, 0) is 4.74 Å². The fourth-order valence-corrected chi connectivity index (χ4v) is 2.68. The predicted molar refractivity (Wildman–Crippen MR) is 68.0 cm³/mol. The van der Waals surface area contributed by atoms with E-state index in [1.165, 1.54) is 0 Å². The number of nitrogens with one attached hydrogen (secondary N) is 1. The number of hydrogen-bond acceptors (Lipinski definition) is 2. The van der Waals surface area contributed by atoms with Gasteiger partial charge in [0.15, 0.2) is 0 Å². The minimum Gasteiger partial charge on any atom is -0.370 e. The average molecular weight is 235 g/mol. The maximum atomic E-state index is 11.9. The molecule has 0 spiro atoms. The van der Waals surface area contributed by atoms with Gasteiger partial charge >= 0.3 is 0 Å². The number of aromatic amines is 1. The Morgan fingerprint density at radius 3 is 2.53 bits per heavy atom. The van der Waals surface area contributed by atoms with E-state index in [2.05, 4.69) is 25.8 Å². The van der Waals surface area contributed by atoms with Gasteiger partial charge in [-0.05, 0) is 37.3 Å². The maximum Gasteiger partial charge on any atom is 0.253 e. The molecule has 1 N–H and O–H groups in total. The summed E-state index contributed by atoms with van der Waals surface area (Å²) >= 11 is 0. The normalized spacial score (nSPS) is 32.9. The third kappa shape index (κ3) is 2.16. The molecule has 0 aromatic carbocycles. The van der Waals surface area contributed by atoms with Crippen LogP contribution < -0.4 is 5.56 Å². The molecule has 1 aromatic rings. The van der Waals surface area contributed by atoms with Crippen molar-refractivity contribution in [2.75, 3.05) is 0 Å². The van der Waals surface area contributed by atoms with Crippen molar-refractivity contribution in [2.45, 2.75) is 46.3 Å². The largest absolute Gasteiger partial charge is 0.370 e. The topological polar surface area (TPSA) is 42.1 Å². The lowest BCUT2D eigenvalue weighted by molar-refractivity contribution is 0.0274. The summed E-state index contributed by atoms with van der Waals surface area (Å²) in [5.74, 6) is 0.898. The van der Waals surface area contributed by atoms with Gasteiger partial charge in [-0.15, -0.1) is 0 Å².